The van der Waals surface area contributed by atoms with E-state index in [0.717, 1.165) is 64.1 Å². The van der Waals surface area contributed by atoms with Gasteiger partial charge in [-0.05, 0) is 65.7 Å². The molecule has 0 radical (unpaired) electrons. The number of ether oxygens (including phenoxy) is 1. The third-order valence-electron chi connectivity index (χ3n) is 10.2. The van der Waals surface area contributed by atoms with Gasteiger partial charge in [-0.25, -0.2) is 14.8 Å². The standard InChI is InChI=1S/C35H39N7O3/c1-18(2)31(41-35(44)45-3)34(43)42-29-14-24(29)15-30(42)33-37-17-28(40-33)22-10-6-20(7-11-22)19-4-8-21(9-5-19)27-16-36-32(39-27)26-13-23-12-25(23)38-26/h4-11,16-18,23-26,29-31,38H,12-15H2,1-3H3,(H,36,39)(H,37,40)(H,41,44)/t23-,24-,25-,26?,29-,30+,31+/m1/s1. The number of alkyl carbamates (subject to hydrolysis) is 1. The maximum atomic E-state index is 13.7. The Labute approximate surface area is 262 Å². The summed E-state index contributed by atoms with van der Waals surface area (Å²) in [6, 6.07) is 17.5. The van der Waals surface area contributed by atoms with E-state index >= 15 is 0 Å². The molecule has 4 fully saturated rings. The van der Waals surface area contributed by atoms with Crippen LogP contribution in [0.3, 0.4) is 0 Å². The van der Waals surface area contributed by atoms with Gasteiger partial charge in [-0.1, -0.05) is 62.4 Å². The number of aromatic nitrogens is 4. The highest BCUT2D eigenvalue weighted by molar-refractivity contribution is 5.87. The molecule has 10 heteroatoms. The first kappa shape index (κ1) is 28.1. The van der Waals surface area contributed by atoms with Crippen LogP contribution in [0, 0.1) is 17.8 Å². The van der Waals surface area contributed by atoms with Crippen LogP contribution in [-0.2, 0) is 9.53 Å². The van der Waals surface area contributed by atoms with Crippen LogP contribution < -0.4 is 10.6 Å². The first-order valence-electron chi connectivity index (χ1n) is 16.1. The molecule has 4 heterocycles. The number of likely N-dealkylation sites (tertiary alicyclic amines) is 1. The number of piperidine rings is 2. The molecule has 45 heavy (non-hydrogen) atoms. The first-order valence-corrected chi connectivity index (χ1v) is 16.1. The summed E-state index contributed by atoms with van der Waals surface area (Å²) in [6.07, 6.45) is 7.57. The summed E-state index contributed by atoms with van der Waals surface area (Å²) in [5.41, 5.74) is 6.40. The predicted molar refractivity (Wildman–Crippen MR) is 170 cm³/mol. The monoisotopic (exact) mass is 605 g/mol. The first-order chi connectivity index (χ1) is 21.9. The van der Waals surface area contributed by atoms with Crippen molar-refractivity contribution in [2.24, 2.45) is 17.8 Å². The Morgan fingerprint density at radius 2 is 1.42 bits per heavy atom. The zero-order valence-electron chi connectivity index (χ0n) is 25.8. The number of amides is 2. The molecule has 0 spiro atoms. The largest absolute Gasteiger partial charge is 0.453 e. The van der Waals surface area contributed by atoms with Crippen LogP contribution in [0.5, 0.6) is 0 Å². The molecule has 2 aliphatic carbocycles. The van der Waals surface area contributed by atoms with Gasteiger partial charge < -0.3 is 30.2 Å². The Morgan fingerprint density at radius 1 is 0.822 bits per heavy atom. The highest BCUT2D eigenvalue weighted by Gasteiger charge is 2.56. The van der Waals surface area contributed by atoms with Crippen molar-refractivity contribution in [2.75, 3.05) is 7.11 Å². The van der Waals surface area contributed by atoms with Crippen molar-refractivity contribution in [3.05, 3.63) is 72.6 Å². The number of aromatic amines is 2. The van der Waals surface area contributed by atoms with Crippen LogP contribution in [0.25, 0.3) is 33.6 Å². The van der Waals surface area contributed by atoms with Crippen LogP contribution in [0.2, 0.25) is 0 Å². The zero-order chi connectivity index (χ0) is 30.8. The maximum absolute atomic E-state index is 13.7. The number of benzene rings is 2. The Bertz CT molecular complexity index is 1720. The van der Waals surface area contributed by atoms with Gasteiger partial charge in [-0.3, -0.25) is 4.79 Å². The average molecular weight is 606 g/mol. The van der Waals surface area contributed by atoms with Crippen molar-refractivity contribution < 1.29 is 14.3 Å². The lowest BCUT2D eigenvalue weighted by Crippen LogP contribution is -2.52. The van der Waals surface area contributed by atoms with Crippen LogP contribution >= 0.6 is 0 Å². The van der Waals surface area contributed by atoms with Crippen molar-refractivity contribution in [2.45, 2.75) is 69.7 Å². The molecule has 232 valence electrons. The summed E-state index contributed by atoms with van der Waals surface area (Å²) in [5.74, 6) is 3.00. The number of hydrogen-bond donors (Lipinski definition) is 4. The van der Waals surface area contributed by atoms with E-state index in [2.05, 4.69) is 74.1 Å². The van der Waals surface area contributed by atoms with Gasteiger partial charge >= 0.3 is 6.09 Å². The number of nitrogens with zero attached hydrogens (tertiary/aromatic N) is 3. The second-order valence-corrected chi connectivity index (χ2v) is 13.5. The highest BCUT2D eigenvalue weighted by atomic mass is 16.5. The summed E-state index contributed by atoms with van der Waals surface area (Å²) < 4.78 is 4.78. The van der Waals surface area contributed by atoms with E-state index in [1.54, 1.807) is 0 Å². The number of hydrogen-bond acceptors (Lipinski definition) is 6. The van der Waals surface area contributed by atoms with Crippen molar-refractivity contribution in [1.82, 2.24) is 35.5 Å². The molecule has 2 amide bonds. The lowest BCUT2D eigenvalue weighted by atomic mass is 10.0. The van der Waals surface area contributed by atoms with Crippen molar-refractivity contribution in [3.63, 3.8) is 0 Å². The van der Waals surface area contributed by atoms with Crippen molar-refractivity contribution in [3.8, 4) is 33.6 Å². The number of nitrogens with one attached hydrogen (secondary N) is 4. The van der Waals surface area contributed by atoms with E-state index < -0.39 is 12.1 Å². The second kappa shape index (κ2) is 10.9. The van der Waals surface area contributed by atoms with E-state index in [1.165, 1.54) is 20.0 Å². The normalized spacial score (nSPS) is 26.8. The Morgan fingerprint density at radius 3 is 2.00 bits per heavy atom. The molecule has 2 saturated carbocycles. The molecule has 2 aliphatic heterocycles. The van der Waals surface area contributed by atoms with Gasteiger partial charge in [0, 0.05) is 12.1 Å². The van der Waals surface area contributed by atoms with E-state index in [9.17, 15) is 9.59 Å². The minimum atomic E-state index is -0.646. The van der Waals surface area contributed by atoms with Crippen LogP contribution in [0.1, 0.15) is 63.3 Å². The van der Waals surface area contributed by atoms with Crippen LogP contribution in [0.15, 0.2) is 60.9 Å². The smallest absolute Gasteiger partial charge is 0.407 e. The number of H-pyrrole nitrogens is 2. The Hall–Kier alpha value is -4.44. The maximum Gasteiger partial charge on any atom is 0.407 e. The van der Waals surface area contributed by atoms with Gasteiger partial charge in [0.15, 0.2) is 0 Å². The van der Waals surface area contributed by atoms with Gasteiger partial charge in [0.1, 0.15) is 17.7 Å². The molecule has 7 atom stereocenters. The molecule has 2 saturated heterocycles. The molecule has 4 aromatic rings. The van der Waals surface area contributed by atoms with Gasteiger partial charge in [-0.2, -0.15) is 0 Å². The van der Waals surface area contributed by atoms with Gasteiger partial charge in [0.05, 0.1) is 43.0 Å². The van der Waals surface area contributed by atoms with Gasteiger partial charge in [0.25, 0.3) is 0 Å². The summed E-state index contributed by atoms with van der Waals surface area (Å²) in [6.45, 7) is 3.87. The molecule has 4 aliphatic rings. The molecule has 10 nitrogen and oxygen atoms in total. The summed E-state index contributed by atoms with van der Waals surface area (Å²) in [7, 11) is 1.31. The molecular weight excluding hydrogens is 566 g/mol. The molecule has 1 unspecified atom stereocenters. The fraction of sp³-hybridized carbons (Fsp3) is 0.429. The second-order valence-electron chi connectivity index (χ2n) is 13.5. The molecule has 0 bridgehead atoms. The minimum absolute atomic E-state index is 0.0696. The molecule has 8 rings (SSSR count). The fourth-order valence-corrected chi connectivity index (χ4v) is 7.41. The number of methoxy groups -OCH3 is 1. The van der Waals surface area contributed by atoms with Crippen LogP contribution in [0.4, 0.5) is 4.79 Å². The van der Waals surface area contributed by atoms with Crippen LogP contribution in [-0.4, -0.2) is 62.1 Å². The van der Waals surface area contributed by atoms with E-state index in [-0.39, 0.29) is 23.9 Å². The number of fused-ring (bicyclic) bond motifs is 2. The topological polar surface area (TPSA) is 128 Å². The third-order valence-corrected chi connectivity index (χ3v) is 10.2. The lowest BCUT2D eigenvalue weighted by Gasteiger charge is -2.31. The molecule has 4 N–H and O–H groups in total. The van der Waals surface area contributed by atoms with Gasteiger partial charge in [-0.15, -0.1) is 0 Å². The Kier molecular flexibility index (Phi) is 6.78. The number of carbonyl (C=O) groups excluding carboxylic acids is 2. The summed E-state index contributed by atoms with van der Waals surface area (Å²) in [4.78, 5) is 44.0. The van der Waals surface area contributed by atoms with E-state index in [1.807, 2.05) is 31.1 Å². The van der Waals surface area contributed by atoms with E-state index in [0.29, 0.717) is 18.0 Å². The summed E-state index contributed by atoms with van der Waals surface area (Å²) in [5, 5.41) is 6.40. The molecule has 2 aromatic carbocycles. The Balaban J connectivity index is 0.949. The quantitative estimate of drug-likeness (QED) is 0.207. The SMILES string of the molecule is COC(=O)N[C@H](C(=O)N1[C@@H]2C[C@@H]2C[C@H]1c1ncc(-c2ccc(-c3ccc(-c4cnc(C5C[C@H]6C[C@H]6N5)[nH]4)cc3)cc2)[nH]1)C(C)C. The fourth-order valence-electron chi connectivity index (χ4n) is 7.41. The predicted octanol–water partition coefficient (Wildman–Crippen LogP) is 5.60. The molecule has 2 aromatic heterocycles. The lowest BCUT2D eigenvalue weighted by molar-refractivity contribution is -0.136. The van der Waals surface area contributed by atoms with Gasteiger partial charge in [0.2, 0.25) is 5.91 Å². The average Bonchev–Trinajstić information content (AvgIpc) is 3.62. The zero-order valence-corrected chi connectivity index (χ0v) is 25.8. The summed E-state index contributed by atoms with van der Waals surface area (Å²) >= 11 is 0. The van der Waals surface area contributed by atoms with Crippen molar-refractivity contribution >= 4 is 12.0 Å². The highest BCUT2D eigenvalue weighted by Crippen LogP contribution is 2.53. The van der Waals surface area contributed by atoms with E-state index in [4.69, 9.17) is 9.72 Å². The van der Waals surface area contributed by atoms with Crippen molar-refractivity contribution in [1.29, 1.82) is 0 Å². The third kappa shape index (κ3) is 5.20. The minimum Gasteiger partial charge on any atom is -0.453 e. The molecular formula is C35H39N7O3. The number of rotatable bonds is 8. The number of carbonyl (C=O) groups is 2. The number of imidazole rings is 2.